The summed E-state index contributed by atoms with van der Waals surface area (Å²) in [7, 11) is 3.72. The van der Waals surface area contributed by atoms with Crippen LogP contribution in [-0.4, -0.2) is 69.8 Å². The normalized spacial score (nSPS) is 9.90. The lowest BCUT2D eigenvalue weighted by atomic mass is 10.4. The number of hydrogen-bond acceptors (Lipinski definition) is 6. The molecule has 0 aromatic heterocycles. The molecule has 0 unspecified atom stereocenters. The Morgan fingerprint density at radius 3 is 2.33 bits per heavy atom. The van der Waals surface area contributed by atoms with E-state index in [-0.39, 0.29) is 26.3 Å². The molecule has 0 spiro atoms. The van der Waals surface area contributed by atoms with Crippen molar-refractivity contribution >= 4 is 18.0 Å². The maximum Gasteiger partial charge on any atom is 0.333 e. The SMILES string of the molecule is C=C(C)C(=O)OCCNC(=O)NCC(=O)OCCN(C)C. The van der Waals surface area contributed by atoms with Crippen molar-refractivity contribution in [1.82, 2.24) is 15.5 Å². The highest BCUT2D eigenvalue weighted by atomic mass is 16.5. The minimum absolute atomic E-state index is 0.0341. The third-order valence-corrected chi connectivity index (χ3v) is 2.16. The number of carbonyl (C=O) groups excluding carboxylic acids is 3. The Balaban J connectivity index is 3.60. The average molecular weight is 301 g/mol. The Morgan fingerprint density at radius 1 is 1.10 bits per heavy atom. The number of rotatable bonds is 9. The van der Waals surface area contributed by atoms with Crippen LogP contribution < -0.4 is 10.6 Å². The molecule has 8 nitrogen and oxygen atoms in total. The molecular weight excluding hydrogens is 278 g/mol. The molecule has 0 aliphatic heterocycles. The van der Waals surface area contributed by atoms with Gasteiger partial charge in [-0.15, -0.1) is 0 Å². The highest BCUT2D eigenvalue weighted by Gasteiger charge is 2.07. The van der Waals surface area contributed by atoms with E-state index in [1.54, 1.807) is 0 Å². The van der Waals surface area contributed by atoms with Crippen LogP contribution in [0.4, 0.5) is 4.79 Å². The van der Waals surface area contributed by atoms with E-state index in [1.165, 1.54) is 6.92 Å². The van der Waals surface area contributed by atoms with Gasteiger partial charge in [0.25, 0.3) is 0 Å². The third kappa shape index (κ3) is 11.4. The lowest BCUT2D eigenvalue weighted by molar-refractivity contribution is -0.142. The van der Waals surface area contributed by atoms with Crippen molar-refractivity contribution < 1.29 is 23.9 Å². The molecule has 0 aliphatic rings. The number of nitrogens with zero attached hydrogens (tertiary/aromatic N) is 1. The summed E-state index contributed by atoms with van der Waals surface area (Å²) >= 11 is 0. The number of esters is 2. The molecule has 0 aromatic carbocycles. The standard InChI is InChI=1S/C13H23N3O5/c1-10(2)12(18)21-7-5-14-13(19)15-9-11(17)20-8-6-16(3)4/h1,5-9H2,2-4H3,(H2,14,15,19). The number of nitrogens with one attached hydrogen (secondary N) is 2. The molecule has 0 saturated carbocycles. The molecule has 0 aliphatic carbocycles. The van der Waals surface area contributed by atoms with Crippen LogP contribution in [0.5, 0.6) is 0 Å². The fourth-order valence-electron chi connectivity index (χ4n) is 1.04. The van der Waals surface area contributed by atoms with E-state index in [2.05, 4.69) is 17.2 Å². The van der Waals surface area contributed by atoms with Crippen molar-refractivity contribution in [2.75, 3.05) is 46.9 Å². The fourth-order valence-corrected chi connectivity index (χ4v) is 1.04. The zero-order valence-corrected chi connectivity index (χ0v) is 12.7. The first-order valence-corrected chi connectivity index (χ1v) is 6.47. The number of likely N-dealkylation sites (N-methyl/N-ethyl adjacent to an activating group) is 1. The Kier molecular flexibility index (Phi) is 9.61. The largest absolute Gasteiger partial charge is 0.463 e. The molecule has 0 aromatic rings. The molecule has 0 radical (unpaired) electrons. The van der Waals surface area contributed by atoms with Gasteiger partial charge in [0, 0.05) is 12.1 Å². The summed E-state index contributed by atoms with van der Waals surface area (Å²) in [6, 6.07) is -0.536. The maximum absolute atomic E-state index is 11.3. The van der Waals surface area contributed by atoms with Gasteiger partial charge in [0.15, 0.2) is 0 Å². The lowest BCUT2D eigenvalue weighted by Gasteiger charge is -2.11. The molecule has 0 heterocycles. The summed E-state index contributed by atoms with van der Waals surface area (Å²) in [4.78, 5) is 35.5. The summed E-state index contributed by atoms with van der Waals surface area (Å²) in [6.07, 6.45) is 0. The van der Waals surface area contributed by atoms with Crippen molar-refractivity contribution in [3.63, 3.8) is 0 Å². The van der Waals surface area contributed by atoms with E-state index in [4.69, 9.17) is 9.47 Å². The lowest BCUT2D eigenvalue weighted by Crippen LogP contribution is -2.40. The quantitative estimate of drug-likeness (QED) is 0.339. The van der Waals surface area contributed by atoms with E-state index < -0.39 is 18.0 Å². The van der Waals surface area contributed by atoms with Crippen molar-refractivity contribution in [1.29, 1.82) is 0 Å². The van der Waals surface area contributed by atoms with Crippen LogP contribution in [0.15, 0.2) is 12.2 Å². The van der Waals surface area contributed by atoms with Gasteiger partial charge in [-0.3, -0.25) is 4.79 Å². The minimum atomic E-state index is -0.536. The first-order valence-electron chi connectivity index (χ1n) is 6.47. The molecule has 0 fully saturated rings. The van der Waals surface area contributed by atoms with E-state index >= 15 is 0 Å². The molecule has 0 rings (SSSR count). The van der Waals surface area contributed by atoms with Gasteiger partial charge in [-0.2, -0.15) is 0 Å². The second-order valence-electron chi connectivity index (χ2n) is 4.55. The predicted octanol–water partition coefficient (Wildman–Crippen LogP) is -0.490. The van der Waals surface area contributed by atoms with Crippen molar-refractivity contribution in [2.45, 2.75) is 6.92 Å². The number of ether oxygens (including phenoxy) is 2. The zero-order chi connectivity index (χ0) is 16.3. The summed E-state index contributed by atoms with van der Waals surface area (Å²) < 4.78 is 9.66. The molecular formula is C13H23N3O5. The van der Waals surface area contributed by atoms with Gasteiger partial charge in [0.1, 0.15) is 19.8 Å². The molecule has 2 amide bonds. The molecule has 0 atom stereocenters. The molecule has 0 bridgehead atoms. The Labute approximate surface area is 124 Å². The van der Waals surface area contributed by atoms with Crippen LogP contribution in [0.25, 0.3) is 0 Å². The maximum atomic E-state index is 11.3. The molecule has 21 heavy (non-hydrogen) atoms. The summed E-state index contributed by atoms with van der Waals surface area (Å²) in [6.45, 7) is 5.80. The van der Waals surface area contributed by atoms with Crippen molar-refractivity contribution in [3.05, 3.63) is 12.2 Å². The monoisotopic (exact) mass is 301 g/mol. The van der Waals surface area contributed by atoms with Crippen molar-refractivity contribution in [2.24, 2.45) is 0 Å². The third-order valence-electron chi connectivity index (χ3n) is 2.16. The molecule has 2 N–H and O–H groups in total. The zero-order valence-electron chi connectivity index (χ0n) is 12.7. The van der Waals surface area contributed by atoms with Gasteiger partial charge in [0.2, 0.25) is 0 Å². The molecule has 8 heteroatoms. The number of amides is 2. The minimum Gasteiger partial charge on any atom is -0.463 e. The van der Waals surface area contributed by atoms with Gasteiger partial charge in [-0.25, -0.2) is 9.59 Å². The highest BCUT2D eigenvalue weighted by molar-refractivity contribution is 5.87. The second kappa shape index (κ2) is 10.7. The van der Waals surface area contributed by atoms with Gasteiger partial charge in [-0.1, -0.05) is 6.58 Å². The Bertz CT molecular complexity index is 382. The Hall–Kier alpha value is -2.09. The summed E-state index contributed by atoms with van der Waals surface area (Å²) in [5.41, 5.74) is 0.292. The van der Waals surface area contributed by atoms with Crippen LogP contribution in [0.1, 0.15) is 6.92 Å². The molecule has 0 saturated heterocycles. The van der Waals surface area contributed by atoms with Gasteiger partial charge < -0.3 is 25.0 Å². The topological polar surface area (TPSA) is 97.0 Å². The fraction of sp³-hybridized carbons (Fsp3) is 0.615. The first kappa shape index (κ1) is 18.9. The Morgan fingerprint density at radius 2 is 1.76 bits per heavy atom. The van der Waals surface area contributed by atoms with Gasteiger partial charge >= 0.3 is 18.0 Å². The van der Waals surface area contributed by atoms with Crippen molar-refractivity contribution in [3.8, 4) is 0 Å². The number of hydrogen-bond donors (Lipinski definition) is 2. The van der Waals surface area contributed by atoms with Gasteiger partial charge in [-0.05, 0) is 21.0 Å². The van der Waals surface area contributed by atoms with Crippen LogP contribution in [-0.2, 0) is 19.1 Å². The van der Waals surface area contributed by atoms with E-state index in [1.807, 2.05) is 19.0 Å². The number of urea groups is 1. The van der Waals surface area contributed by atoms with Crippen LogP contribution in [0.3, 0.4) is 0 Å². The predicted molar refractivity (Wildman–Crippen MR) is 76.7 cm³/mol. The molecule has 120 valence electrons. The average Bonchev–Trinajstić information content (AvgIpc) is 2.40. The van der Waals surface area contributed by atoms with E-state index in [0.717, 1.165) is 0 Å². The van der Waals surface area contributed by atoms with Crippen LogP contribution in [0, 0.1) is 0 Å². The number of carbonyl (C=O) groups is 3. The second-order valence-corrected chi connectivity index (χ2v) is 4.55. The van der Waals surface area contributed by atoms with E-state index in [0.29, 0.717) is 12.1 Å². The van der Waals surface area contributed by atoms with E-state index in [9.17, 15) is 14.4 Å². The summed E-state index contributed by atoms with van der Waals surface area (Å²) in [5.74, 6) is -1.03. The summed E-state index contributed by atoms with van der Waals surface area (Å²) in [5, 5.41) is 4.77. The smallest absolute Gasteiger partial charge is 0.333 e. The van der Waals surface area contributed by atoms with Crippen LogP contribution >= 0.6 is 0 Å². The highest BCUT2D eigenvalue weighted by Crippen LogP contribution is 1.90. The van der Waals surface area contributed by atoms with Crippen LogP contribution in [0.2, 0.25) is 0 Å². The first-order chi connectivity index (χ1) is 9.82. The van der Waals surface area contributed by atoms with Gasteiger partial charge in [0.05, 0.1) is 6.54 Å².